The number of rotatable bonds is 2. The highest BCUT2D eigenvalue weighted by Gasteiger charge is 2.48. The topological polar surface area (TPSA) is 92.5 Å². The van der Waals surface area contributed by atoms with Crippen molar-refractivity contribution in [1.29, 1.82) is 0 Å². The van der Waals surface area contributed by atoms with Gasteiger partial charge in [0, 0.05) is 28.4 Å². The lowest BCUT2D eigenvalue weighted by molar-refractivity contribution is -0.156. The van der Waals surface area contributed by atoms with Crippen LogP contribution in [-0.2, 0) is 9.59 Å². The first-order valence-electron chi connectivity index (χ1n) is 8.46. The summed E-state index contributed by atoms with van der Waals surface area (Å²) in [5.74, 6) is -1.40. The number of carbonyl (C=O) groups is 3. The number of amides is 2. The molecule has 0 bridgehead atoms. The molecule has 0 spiro atoms. The molecule has 1 fully saturated rings. The van der Waals surface area contributed by atoms with Gasteiger partial charge in [-0.2, -0.15) is 0 Å². The monoisotopic (exact) mass is 345 g/mol. The van der Waals surface area contributed by atoms with Crippen LogP contribution in [0.5, 0.6) is 0 Å². The molecule has 0 unspecified atom stereocenters. The first-order valence-corrected chi connectivity index (χ1v) is 8.46. The number of carbonyl (C=O) groups excluding carboxylic acids is 3. The van der Waals surface area contributed by atoms with E-state index < -0.39 is 22.9 Å². The molecule has 0 aromatic heterocycles. The zero-order valence-electron chi connectivity index (χ0n) is 15.6. The maximum atomic E-state index is 12.9. The molecule has 136 valence electrons. The molecule has 1 aromatic rings. The third-order valence-corrected chi connectivity index (χ3v) is 4.66. The Balaban J connectivity index is 2.23. The van der Waals surface area contributed by atoms with E-state index in [1.54, 1.807) is 29.2 Å². The number of Topliss-reactive ketones (excluding diaryl/α,β-unsaturated/α-hetero) is 1. The number of nitrogens with one attached hydrogen (secondary N) is 1. The predicted octanol–water partition coefficient (Wildman–Crippen LogP) is 2.33. The fourth-order valence-corrected chi connectivity index (χ4v) is 4.01. The minimum Gasteiger partial charge on any atom is -0.328 e. The fraction of sp³-hybridized carbons (Fsp3) is 0.526. The maximum absolute atomic E-state index is 12.9. The van der Waals surface area contributed by atoms with Crippen molar-refractivity contribution in [2.24, 2.45) is 5.73 Å². The van der Waals surface area contributed by atoms with Crippen LogP contribution in [0.1, 0.15) is 57.8 Å². The third-order valence-electron chi connectivity index (χ3n) is 4.66. The summed E-state index contributed by atoms with van der Waals surface area (Å²) >= 11 is 0. The van der Waals surface area contributed by atoms with E-state index in [0.29, 0.717) is 24.1 Å². The van der Waals surface area contributed by atoms with Crippen LogP contribution < -0.4 is 11.1 Å². The van der Waals surface area contributed by atoms with E-state index in [1.807, 2.05) is 27.7 Å². The second kappa shape index (κ2) is 6.59. The highest BCUT2D eigenvalue weighted by atomic mass is 16.2. The molecular weight excluding hydrogens is 318 g/mol. The Kier molecular flexibility index (Phi) is 5.04. The quantitative estimate of drug-likeness (QED) is 0.635. The van der Waals surface area contributed by atoms with Crippen molar-refractivity contribution in [3.05, 3.63) is 29.8 Å². The van der Waals surface area contributed by atoms with Crippen LogP contribution in [0.25, 0.3) is 0 Å². The molecule has 25 heavy (non-hydrogen) atoms. The van der Waals surface area contributed by atoms with Crippen LogP contribution in [0.15, 0.2) is 24.3 Å². The van der Waals surface area contributed by atoms with Crippen LogP contribution in [0.3, 0.4) is 0 Å². The molecule has 0 radical (unpaired) electrons. The highest BCUT2D eigenvalue weighted by molar-refractivity contribution is 6.39. The fourth-order valence-electron chi connectivity index (χ4n) is 4.01. The summed E-state index contributed by atoms with van der Waals surface area (Å²) in [5, 5.41) is 2.61. The van der Waals surface area contributed by atoms with Gasteiger partial charge in [-0.25, -0.2) is 0 Å². The summed E-state index contributed by atoms with van der Waals surface area (Å²) in [4.78, 5) is 38.5. The van der Waals surface area contributed by atoms with Crippen molar-refractivity contribution < 1.29 is 14.4 Å². The first kappa shape index (κ1) is 19.1. The summed E-state index contributed by atoms with van der Waals surface area (Å²) in [7, 11) is 0. The van der Waals surface area contributed by atoms with Gasteiger partial charge < -0.3 is 16.0 Å². The van der Waals surface area contributed by atoms with E-state index in [1.165, 1.54) is 6.92 Å². The maximum Gasteiger partial charge on any atom is 0.313 e. The van der Waals surface area contributed by atoms with Crippen molar-refractivity contribution in [2.75, 3.05) is 5.32 Å². The molecule has 0 saturated carbocycles. The SMILES string of the molecule is CC(=O)c1cccc(NC(=O)C(=O)N2C(C)(C)CC(N)CC2(C)C)c1. The predicted molar refractivity (Wildman–Crippen MR) is 97.3 cm³/mol. The molecule has 1 aliphatic rings. The molecule has 0 atom stereocenters. The molecule has 1 aliphatic heterocycles. The summed E-state index contributed by atoms with van der Waals surface area (Å²) < 4.78 is 0. The van der Waals surface area contributed by atoms with E-state index >= 15 is 0 Å². The van der Waals surface area contributed by atoms with Gasteiger partial charge in [0.2, 0.25) is 0 Å². The number of nitrogens with two attached hydrogens (primary N) is 1. The number of piperidine rings is 1. The molecule has 1 saturated heterocycles. The van der Waals surface area contributed by atoms with Gasteiger partial charge in [-0.1, -0.05) is 12.1 Å². The summed E-state index contributed by atoms with van der Waals surface area (Å²) in [6.07, 6.45) is 1.27. The average Bonchev–Trinajstić information content (AvgIpc) is 2.44. The highest BCUT2D eigenvalue weighted by Crippen LogP contribution is 2.37. The standard InChI is InChI=1S/C19H27N3O3/c1-12(23)13-7-6-8-15(9-13)21-16(24)17(25)22-18(2,3)10-14(20)11-19(22,4)5/h6-9,14H,10-11,20H2,1-5H3,(H,21,24). The smallest absolute Gasteiger partial charge is 0.313 e. The second-order valence-corrected chi connectivity index (χ2v) is 8.02. The van der Waals surface area contributed by atoms with Crippen molar-refractivity contribution >= 4 is 23.3 Å². The van der Waals surface area contributed by atoms with Crippen LogP contribution in [0.2, 0.25) is 0 Å². The molecular formula is C19H27N3O3. The van der Waals surface area contributed by atoms with Gasteiger partial charge >= 0.3 is 11.8 Å². The van der Waals surface area contributed by atoms with Gasteiger partial charge in [-0.3, -0.25) is 14.4 Å². The van der Waals surface area contributed by atoms with Crippen molar-refractivity contribution in [3.63, 3.8) is 0 Å². The lowest BCUT2D eigenvalue weighted by Gasteiger charge is -2.54. The van der Waals surface area contributed by atoms with Crippen molar-refractivity contribution in [2.45, 2.75) is 64.6 Å². The van der Waals surface area contributed by atoms with Crippen LogP contribution >= 0.6 is 0 Å². The van der Waals surface area contributed by atoms with E-state index in [-0.39, 0.29) is 11.8 Å². The molecule has 2 rings (SSSR count). The van der Waals surface area contributed by atoms with Crippen LogP contribution in [0, 0.1) is 0 Å². The van der Waals surface area contributed by atoms with E-state index in [0.717, 1.165) is 0 Å². The summed E-state index contributed by atoms with van der Waals surface area (Å²) in [6, 6.07) is 6.54. The Hall–Kier alpha value is -2.21. The molecule has 3 N–H and O–H groups in total. The number of nitrogens with zero attached hydrogens (tertiary/aromatic N) is 1. The largest absolute Gasteiger partial charge is 0.328 e. The Morgan fingerprint density at radius 1 is 1.12 bits per heavy atom. The van der Waals surface area contributed by atoms with Gasteiger partial charge in [0.15, 0.2) is 5.78 Å². The van der Waals surface area contributed by atoms with Gasteiger partial charge in [-0.15, -0.1) is 0 Å². The van der Waals surface area contributed by atoms with Crippen molar-refractivity contribution in [3.8, 4) is 0 Å². The Labute approximate surface area is 148 Å². The lowest BCUT2D eigenvalue weighted by atomic mass is 9.77. The van der Waals surface area contributed by atoms with Gasteiger partial charge in [-0.05, 0) is 59.6 Å². The van der Waals surface area contributed by atoms with E-state index in [2.05, 4.69) is 5.32 Å². The average molecular weight is 345 g/mol. The third kappa shape index (κ3) is 4.07. The molecule has 0 aliphatic carbocycles. The number of hydrogen-bond donors (Lipinski definition) is 2. The summed E-state index contributed by atoms with van der Waals surface area (Å²) in [6.45, 7) is 9.16. The van der Waals surface area contributed by atoms with E-state index in [9.17, 15) is 14.4 Å². The van der Waals surface area contributed by atoms with Crippen LogP contribution in [0.4, 0.5) is 5.69 Å². The first-order chi connectivity index (χ1) is 11.4. The molecule has 1 heterocycles. The normalized spacial score (nSPS) is 19.4. The number of ketones is 1. The summed E-state index contributed by atoms with van der Waals surface area (Å²) in [5.41, 5.74) is 6.00. The Morgan fingerprint density at radius 2 is 1.68 bits per heavy atom. The second-order valence-electron chi connectivity index (χ2n) is 8.02. The van der Waals surface area contributed by atoms with Crippen LogP contribution in [-0.4, -0.2) is 39.6 Å². The molecule has 6 heteroatoms. The Morgan fingerprint density at radius 3 is 2.20 bits per heavy atom. The minimum atomic E-state index is -0.711. The van der Waals surface area contributed by atoms with E-state index in [4.69, 9.17) is 5.73 Å². The van der Waals surface area contributed by atoms with Gasteiger partial charge in [0.25, 0.3) is 0 Å². The van der Waals surface area contributed by atoms with Gasteiger partial charge in [0.1, 0.15) is 0 Å². The number of anilines is 1. The minimum absolute atomic E-state index is 0.00985. The lowest BCUT2D eigenvalue weighted by Crippen LogP contribution is -2.66. The molecule has 6 nitrogen and oxygen atoms in total. The number of benzene rings is 1. The zero-order chi connectivity index (χ0) is 19.0. The van der Waals surface area contributed by atoms with Gasteiger partial charge in [0.05, 0.1) is 0 Å². The number of hydrogen-bond acceptors (Lipinski definition) is 4. The zero-order valence-corrected chi connectivity index (χ0v) is 15.6. The molecule has 1 aromatic carbocycles. The molecule has 2 amide bonds. The number of likely N-dealkylation sites (tertiary alicyclic amines) is 1. The van der Waals surface area contributed by atoms with Crippen molar-refractivity contribution in [1.82, 2.24) is 4.90 Å². The Bertz CT molecular complexity index is 692.